The molecule has 0 spiro atoms. The third-order valence-electron chi connectivity index (χ3n) is 3.28. The van der Waals surface area contributed by atoms with Crippen molar-refractivity contribution in [3.63, 3.8) is 0 Å². The molecule has 0 saturated heterocycles. The van der Waals surface area contributed by atoms with Gasteiger partial charge in [0.25, 0.3) is 0 Å². The Morgan fingerprint density at radius 1 is 1.33 bits per heavy atom. The van der Waals surface area contributed by atoms with Crippen LogP contribution in [-0.2, 0) is 0 Å². The van der Waals surface area contributed by atoms with E-state index in [-0.39, 0.29) is 0 Å². The summed E-state index contributed by atoms with van der Waals surface area (Å²) in [6.07, 6.45) is 9.31. The lowest BCUT2D eigenvalue weighted by Gasteiger charge is -2.29. The Morgan fingerprint density at radius 2 is 2.00 bits per heavy atom. The van der Waals surface area contributed by atoms with Crippen LogP contribution in [0.2, 0.25) is 0 Å². The highest BCUT2D eigenvalue weighted by atomic mass is 15.2. The van der Waals surface area contributed by atoms with Crippen molar-refractivity contribution in [1.82, 2.24) is 10.2 Å². The van der Waals surface area contributed by atoms with E-state index >= 15 is 0 Å². The van der Waals surface area contributed by atoms with E-state index in [0.717, 1.165) is 12.4 Å². The molecule has 1 saturated carbocycles. The molecule has 0 aromatic rings. The summed E-state index contributed by atoms with van der Waals surface area (Å²) in [6, 6.07) is 0.676. The van der Waals surface area contributed by atoms with Gasteiger partial charge in [0.05, 0.1) is 5.82 Å². The molecular formula is C13H26N2. The van der Waals surface area contributed by atoms with Crippen LogP contribution in [0, 0.1) is 0 Å². The van der Waals surface area contributed by atoms with Gasteiger partial charge in [-0.25, -0.2) is 0 Å². The minimum atomic E-state index is 0.676. The fourth-order valence-corrected chi connectivity index (χ4v) is 2.12. The van der Waals surface area contributed by atoms with Crippen molar-refractivity contribution in [3.05, 3.63) is 12.4 Å². The molecule has 1 N–H and O–H groups in total. The van der Waals surface area contributed by atoms with Gasteiger partial charge in [-0.05, 0) is 19.3 Å². The fraction of sp³-hybridized carbons (Fsp3) is 0.846. The minimum absolute atomic E-state index is 0.676. The maximum Gasteiger partial charge on any atom is 0.0938 e. The maximum absolute atomic E-state index is 4.12. The smallest absolute Gasteiger partial charge is 0.0938 e. The lowest BCUT2D eigenvalue weighted by Crippen LogP contribution is -2.36. The first-order chi connectivity index (χ1) is 7.24. The molecular weight excluding hydrogens is 184 g/mol. The standard InChI is InChI=1S/C13H26N2/c1-4-5-11-15(3)12(2)14-13-9-7-6-8-10-13/h13-14H,2,4-11H2,1,3H3. The second-order valence-electron chi connectivity index (χ2n) is 4.70. The Kier molecular flexibility index (Phi) is 5.59. The van der Waals surface area contributed by atoms with Gasteiger partial charge in [-0.15, -0.1) is 0 Å². The molecule has 0 unspecified atom stereocenters. The van der Waals surface area contributed by atoms with Crippen molar-refractivity contribution in [2.24, 2.45) is 0 Å². The molecule has 1 aliphatic carbocycles. The molecule has 1 aliphatic rings. The number of nitrogens with zero attached hydrogens (tertiary/aromatic N) is 1. The monoisotopic (exact) mass is 210 g/mol. The van der Waals surface area contributed by atoms with E-state index in [1.807, 2.05) is 0 Å². The number of hydrogen-bond acceptors (Lipinski definition) is 2. The van der Waals surface area contributed by atoms with Crippen molar-refractivity contribution in [3.8, 4) is 0 Å². The first-order valence-electron chi connectivity index (χ1n) is 6.40. The summed E-state index contributed by atoms with van der Waals surface area (Å²) in [6.45, 7) is 7.46. The third-order valence-corrected chi connectivity index (χ3v) is 3.28. The van der Waals surface area contributed by atoms with Crippen molar-refractivity contribution in [2.45, 2.75) is 57.9 Å². The van der Waals surface area contributed by atoms with Gasteiger partial charge < -0.3 is 10.2 Å². The van der Waals surface area contributed by atoms with Gasteiger partial charge in [0.2, 0.25) is 0 Å². The summed E-state index contributed by atoms with van der Waals surface area (Å²) in [5, 5.41) is 3.56. The van der Waals surface area contributed by atoms with Crippen LogP contribution >= 0.6 is 0 Å². The number of rotatable bonds is 6. The predicted octanol–water partition coefficient (Wildman–Crippen LogP) is 3.11. The van der Waals surface area contributed by atoms with Gasteiger partial charge >= 0.3 is 0 Å². The summed E-state index contributed by atoms with van der Waals surface area (Å²) in [7, 11) is 2.13. The first kappa shape index (κ1) is 12.4. The molecule has 0 atom stereocenters. The van der Waals surface area contributed by atoms with E-state index in [0.29, 0.717) is 6.04 Å². The molecule has 0 aliphatic heterocycles. The van der Waals surface area contributed by atoms with Crippen LogP contribution in [-0.4, -0.2) is 24.5 Å². The Bertz CT molecular complexity index is 183. The second-order valence-corrected chi connectivity index (χ2v) is 4.70. The molecule has 0 radical (unpaired) electrons. The van der Waals surface area contributed by atoms with Crippen LogP contribution < -0.4 is 5.32 Å². The van der Waals surface area contributed by atoms with Crippen molar-refractivity contribution in [1.29, 1.82) is 0 Å². The zero-order chi connectivity index (χ0) is 11.1. The zero-order valence-corrected chi connectivity index (χ0v) is 10.4. The number of nitrogens with one attached hydrogen (secondary N) is 1. The highest BCUT2D eigenvalue weighted by molar-refractivity contribution is 4.93. The minimum Gasteiger partial charge on any atom is -0.370 e. The van der Waals surface area contributed by atoms with Crippen LogP contribution in [0.5, 0.6) is 0 Å². The molecule has 1 rings (SSSR count). The SMILES string of the molecule is C=C(NC1CCCCC1)N(C)CCCC. The molecule has 0 bridgehead atoms. The van der Waals surface area contributed by atoms with Gasteiger partial charge in [-0.2, -0.15) is 0 Å². The van der Waals surface area contributed by atoms with Crippen LogP contribution in [0.15, 0.2) is 12.4 Å². The van der Waals surface area contributed by atoms with E-state index in [2.05, 4.69) is 30.8 Å². The van der Waals surface area contributed by atoms with E-state index < -0.39 is 0 Å². The third kappa shape index (κ3) is 4.59. The Morgan fingerprint density at radius 3 is 2.60 bits per heavy atom. The van der Waals surface area contributed by atoms with E-state index in [1.165, 1.54) is 44.9 Å². The summed E-state index contributed by atoms with van der Waals surface area (Å²) >= 11 is 0. The van der Waals surface area contributed by atoms with Gasteiger partial charge in [-0.3, -0.25) is 0 Å². The summed E-state index contributed by atoms with van der Waals surface area (Å²) in [5.41, 5.74) is 0. The molecule has 2 heteroatoms. The van der Waals surface area contributed by atoms with Crippen LogP contribution in [0.25, 0.3) is 0 Å². The van der Waals surface area contributed by atoms with Gasteiger partial charge in [0, 0.05) is 19.6 Å². The van der Waals surface area contributed by atoms with Gasteiger partial charge in [0.1, 0.15) is 0 Å². The Balaban J connectivity index is 2.20. The summed E-state index contributed by atoms with van der Waals surface area (Å²) in [5.74, 6) is 1.11. The molecule has 0 aromatic carbocycles. The topological polar surface area (TPSA) is 15.3 Å². The van der Waals surface area contributed by atoms with Gasteiger partial charge in [0.15, 0.2) is 0 Å². The number of unbranched alkanes of at least 4 members (excludes halogenated alkanes) is 1. The zero-order valence-electron chi connectivity index (χ0n) is 10.4. The molecule has 0 heterocycles. The van der Waals surface area contributed by atoms with Gasteiger partial charge in [-0.1, -0.05) is 39.2 Å². The first-order valence-corrected chi connectivity index (χ1v) is 6.40. The lowest BCUT2D eigenvalue weighted by atomic mass is 9.95. The highest BCUT2D eigenvalue weighted by Gasteiger charge is 2.14. The Labute approximate surface area is 94.7 Å². The predicted molar refractivity (Wildman–Crippen MR) is 66.7 cm³/mol. The van der Waals surface area contributed by atoms with E-state index in [1.54, 1.807) is 0 Å². The lowest BCUT2D eigenvalue weighted by molar-refractivity contribution is 0.323. The molecule has 1 fully saturated rings. The molecule has 2 nitrogen and oxygen atoms in total. The van der Waals surface area contributed by atoms with E-state index in [9.17, 15) is 0 Å². The summed E-state index contributed by atoms with van der Waals surface area (Å²) in [4.78, 5) is 2.25. The van der Waals surface area contributed by atoms with Crippen LogP contribution in [0.1, 0.15) is 51.9 Å². The van der Waals surface area contributed by atoms with Crippen LogP contribution in [0.3, 0.4) is 0 Å². The second kappa shape index (κ2) is 6.76. The summed E-state index contributed by atoms with van der Waals surface area (Å²) < 4.78 is 0. The molecule has 15 heavy (non-hydrogen) atoms. The average Bonchev–Trinajstić information content (AvgIpc) is 2.27. The van der Waals surface area contributed by atoms with Crippen molar-refractivity contribution < 1.29 is 0 Å². The highest BCUT2D eigenvalue weighted by Crippen LogP contribution is 2.18. The molecule has 0 aromatic heterocycles. The average molecular weight is 210 g/mol. The fourth-order valence-electron chi connectivity index (χ4n) is 2.12. The van der Waals surface area contributed by atoms with E-state index in [4.69, 9.17) is 0 Å². The normalized spacial score (nSPS) is 17.5. The quantitative estimate of drug-likeness (QED) is 0.724. The Hall–Kier alpha value is -0.660. The largest absolute Gasteiger partial charge is 0.370 e. The maximum atomic E-state index is 4.12. The van der Waals surface area contributed by atoms with Crippen molar-refractivity contribution in [2.75, 3.05) is 13.6 Å². The van der Waals surface area contributed by atoms with Crippen molar-refractivity contribution >= 4 is 0 Å². The molecule has 0 amide bonds. The number of hydrogen-bond donors (Lipinski definition) is 1. The molecule has 88 valence electrons. The van der Waals surface area contributed by atoms with Crippen LogP contribution in [0.4, 0.5) is 0 Å².